The molecule has 0 aromatic heterocycles. The molecule has 1 heterocycles. The van der Waals surface area contributed by atoms with E-state index in [9.17, 15) is 14.7 Å². The Kier molecular flexibility index (Phi) is 9.80. The van der Waals surface area contributed by atoms with Gasteiger partial charge >= 0.3 is 11.9 Å². The highest BCUT2D eigenvalue weighted by Gasteiger charge is 2.52. The second-order valence-corrected chi connectivity index (χ2v) is 12.3. The molecule has 1 aliphatic rings. The highest BCUT2D eigenvalue weighted by molar-refractivity contribution is 7.99. The number of thioether (sulfide) groups is 1. The Morgan fingerprint density at radius 3 is 1.84 bits per heavy atom. The van der Waals surface area contributed by atoms with Crippen LogP contribution >= 0.6 is 11.8 Å². The number of esters is 2. The maximum Gasteiger partial charge on any atom is 0.311 e. The maximum absolute atomic E-state index is 13.1. The summed E-state index contributed by atoms with van der Waals surface area (Å²) >= 11 is 1.34. The third-order valence-corrected chi connectivity index (χ3v) is 6.92. The summed E-state index contributed by atoms with van der Waals surface area (Å²) in [5.74, 6) is -0.925. The fourth-order valence-electron chi connectivity index (χ4n) is 3.58. The minimum atomic E-state index is -1.01. The van der Waals surface area contributed by atoms with Crippen LogP contribution < -0.4 is 0 Å². The third-order valence-electron chi connectivity index (χ3n) is 5.76. The molecule has 1 aliphatic heterocycles. The van der Waals surface area contributed by atoms with Crippen molar-refractivity contribution in [3.05, 3.63) is 66.2 Å². The number of hydrogen-bond acceptors (Lipinski definition) is 8. The Morgan fingerprint density at radius 2 is 1.32 bits per heavy atom. The van der Waals surface area contributed by atoms with Crippen LogP contribution in [0.5, 0.6) is 0 Å². The summed E-state index contributed by atoms with van der Waals surface area (Å²) in [6.07, 6.45) is -3.67. The lowest BCUT2D eigenvalue weighted by Crippen LogP contribution is -2.61. The van der Waals surface area contributed by atoms with Crippen molar-refractivity contribution in [3.63, 3.8) is 0 Å². The molecule has 1 N–H and O–H groups in total. The zero-order valence-electron chi connectivity index (χ0n) is 22.4. The zero-order valence-corrected chi connectivity index (χ0v) is 23.2. The Balaban J connectivity index is 2.00. The summed E-state index contributed by atoms with van der Waals surface area (Å²) in [7, 11) is 0. The minimum Gasteiger partial charge on any atom is -0.455 e. The predicted molar refractivity (Wildman–Crippen MR) is 142 cm³/mol. The molecule has 5 atom stereocenters. The van der Waals surface area contributed by atoms with Gasteiger partial charge in [0.25, 0.3) is 0 Å². The fraction of sp³-hybridized carbons (Fsp3) is 0.517. The van der Waals surface area contributed by atoms with E-state index >= 15 is 0 Å². The molecular weight excluding hydrogens is 492 g/mol. The van der Waals surface area contributed by atoms with Gasteiger partial charge in [0, 0.05) is 4.90 Å². The first-order valence-electron chi connectivity index (χ1n) is 12.5. The van der Waals surface area contributed by atoms with Gasteiger partial charge in [-0.25, -0.2) is 0 Å². The Bertz CT molecular complexity index is 1010. The number of carbonyl (C=O) groups is 2. The Hall–Kier alpha value is -2.39. The molecule has 7 nitrogen and oxygen atoms in total. The van der Waals surface area contributed by atoms with Crippen molar-refractivity contribution < 1.29 is 33.6 Å². The second-order valence-electron chi connectivity index (χ2n) is 11.2. The maximum atomic E-state index is 13.1. The Morgan fingerprint density at radius 1 is 0.811 bits per heavy atom. The van der Waals surface area contributed by atoms with Crippen LogP contribution in [0.1, 0.15) is 47.1 Å². The first-order chi connectivity index (χ1) is 17.4. The fourth-order valence-corrected chi connectivity index (χ4v) is 4.71. The van der Waals surface area contributed by atoms with Gasteiger partial charge < -0.3 is 24.1 Å². The number of ether oxygens (including phenoxy) is 4. The molecule has 0 spiro atoms. The van der Waals surface area contributed by atoms with Crippen LogP contribution in [0.4, 0.5) is 0 Å². The number of carbonyl (C=O) groups excluding carboxylic acids is 2. The summed E-state index contributed by atoms with van der Waals surface area (Å²) in [6, 6.07) is 19.1. The number of hydrogen-bond donors (Lipinski definition) is 1. The average Bonchev–Trinajstić information content (AvgIpc) is 2.84. The molecule has 1 saturated heterocycles. The van der Waals surface area contributed by atoms with Gasteiger partial charge in [-0.1, -0.05) is 60.3 Å². The molecule has 0 aliphatic carbocycles. The van der Waals surface area contributed by atoms with Crippen molar-refractivity contribution in [1.29, 1.82) is 0 Å². The molecule has 0 radical (unpaired) electrons. The number of aliphatic hydroxyl groups is 1. The average molecular weight is 531 g/mol. The SMILES string of the molecule is CC(C)(C)C(=O)O[C@H]1[C@@H](OCc2ccccc2)[C@@H](CO)O[C@@H](Sc2ccccc2)[C@@H]1OC(=O)C(C)(C)C. The van der Waals surface area contributed by atoms with Gasteiger partial charge in [0.2, 0.25) is 0 Å². The van der Waals surface area contributed by atoms with Crippen LogP contribution in [0, 0.1) is 10.8 Å². The zero-order chi connectivity index (χ0) is 27.2. The van der Waals surface area contributed by atoms with Crippen molar-refractivity contribution in [3.8, 4) is 0 Å². The third kappa shape index (κ3) is 8.04. The van der Waals surface area contributed by atoms with Crippen LogP contribution in [-0.4, -0.2) is 53.5 Å². The quantitative estimate of drug-likeness (QED) is 0.477. The van der Waals surface area contributed by atoms with Crippen LogP contribution in [0.25, 0.3) is 0 Å². The molecule has 2 aromatic rings. The van der Waals surface area contributed by atoms with E-state index in [0.29, 0.717) is 0 Å². The molecular formula is C29H38O7S. The second kappa shape index (κ2) is 12.4. The van der Waals surface area contributed by atoms with Crippen LogP contribution in [-0.2, 0) is 35.1 Å². The highest BCUT2D eigenvalue weighted by atomic mass is 32.2. The van der Waals surface area contributed by atoms with Gasteiger partial charge in [-0.15, -0.1) is 0 Å². The molecule has 0 amide bonds. The predicted octanol–water partition coefficient (Wildman–Crippen LogP) is 5.00. The lowest BCUT2D eigenvalue weighted by Gasteiger charge is -2.45. The normalized spacial score (nSPS) is 24.4. The molecule has 3 rings (SSSR count). The van der Waals surface area contributed by atoms with E-state index < -0.39 is 52.6 Å². The van der Waals surface area contributed by atoms with Crippen molar-refractivity contribution in [2.24, 2.45) is 10.8 Å². The van der Waals surface area contributed by atoms with E-state index in [1.807, 2.05) is 60.7 Å². The summed E-state index contributed by atoms with van der Waals surface area (Å²) in [5, 5.41) is 10.3. The first kappa shape index (κ1) is 29.2. The smallest absolute Gasteiger partial charge is 0.311 e. The van der Waals surface area contributed by atoms with E-state index in [-0.39, 0.29) is 13.2 Å². The topological polar surface area (TPSA) is 91.3 Å². The van der Waals surface area contributed by atoms with Crippen molar-refractivity contribution >= 4 is 23.7 Å². The molecule has 0 saturated carbocycles. The van der Waals surface area contributed by atoms with E-state index in [1.165, 1.54) is 11.8 Å². The minimum absolute atomic E-state index is 0.200. The number of rotatable bonds is 8. The molecule has 2 aromatic carbocycles. The number of benzene rings is 2. The first-order valence-corrected chi connectivity index (χ1v) is 13.3. The van der Waals surface area contributed by atoms with Crippen LogP contribution in [0.15, 0.2) is 65.6 Å². The summed E-state index contributed by atoms with van der Waals surface area (Å²) in [4.78, 5) is 27.1. The lowest BCUT2D eigenvalue weighted by molar-refractivity contribution is -0.246. The van der Waals surface area contributed by atoms with Gasteiger partial charge in [0.15, 0.2) is 12.2 Å². The largest absolute Gasteiger partial charge is 0.455 e. The molecule has 0 bridgehead atoms. The van der Waals surface area contributed by atoms with Gasteiger partial charge in [0.1, 0.15) is 17.6 Å². The van der Waals surface area contributed by atoms with Gasteiger partial charge in [-0.2, -0.15) is 0 Å². The standard InChI is InChI=1S/C29H38O7S/c1-28(2,3)26(31)35-23-22(33-18-19-13-9-7-10-14-19)21(17-30)34-25(37-20-15-11-8-12-16-20)24(23)36-27(32)29(4,5)6/h7-16,21-25,30H,17-18H2,1-6H3/t21-,22+,23+,24-,25+/m1/s1. The molecule has 37 heavy (non-hydrogen) atoms. The van der Waals surface area contributed by atoms with E-state index in [1.54, 1.807) is 41.5 Å². The molecule has 8 heteroatoms. The number of aliphatic hydroxyl groups excluding tert-OH is 1. The Labute approximate surface area is 223 Å². The van der Waals surface area contributed by atoms with Crippen molar-refractivity contribution in [2.75, 3.05) is 6.61 Å². The summed E-state index contributed by atoms with van der Waals surface area (Å²) in [5.41, 5.74) is -1.45. The van der Waals surface area contributed by atoms with Crippen molar-refractivity contribution in [1.82, 2.24) is 0 Å². The van der Waals surface area contributed by atoms with Crippen molar-refractivity contribution in [2.45, 2.75) is 82.9 Å². The highest BCUT2D eigenvalue weighted by Crippen LogP contribution is 2.39. The van der Waals surface area contributed by atoms with Crippen LogP contribution in [0.3, 0.4) is 0 Å². The summed E-state index contributed by atoms with van der Waals surface area (Å²) in [6.45, 7) is 10.4. The van der Waals surface area contributed by atoms with E-state index in [0.717, 1.165) is 10.5 Å². The molecule has 202 valence electrons. The molecule has 1 fully saturated rings. The van der Waals surface area contributed by atoms with E-state index in [2.05, 4.69) is 0 Å². The molecule has 0 unspecified atom stereocenters. The van der Waals surface area contributed by atoms with Gasteiger partial charge in [-0.05, 0) is 59.2 Å². The van der Waals surface area contributed by atoms with Gasteiger partial charge in [0.05, 0.1) is 24.0 Å². The lowest BCUT2D eigenvalue weighted by atomic mass is 9.94. The summed E-state index contributed by atoms with van der Waals surface area (Å²) < 4.78 is 24.6. The van der Waals surface area contributed by atoms with Crippen LogP contribution in [0.2, 0.25) is 0 Å². The van der Waals surface area contributed by atoms with E-state index in [4.69, 9.17) is 18.9 Å². The monoisotopic (exact) mass is 530 g/mol. The van der Waals surface area contributed by atoms with Gasteiger partial charge in [-0.3, -0.25) is 9.59 Å².